The summed E-state index contributed by atoms with van der Waals surface area (Å²) in [5.41, 5.74) is 0.663. The van der Waals surface area contributed by atoms with E-state index in [0.717, 1.165) is 5.39 Å². The summed E-state index contributed by atoms with van der Waals surface area (Å²) >= 11 is 0. The van der Waals surface area contributed by atoms with E-state index in [0.29, 0.717) is 34.7 Å². The van der Waals surface area contributed by atoms with E-state index in [1.54, 1.807) is 48.7 Å². The third-order valence-electron chi connectivity index (χ3n) is 5.17. The minimum absolute atomic E-state index is 0.0326. The monoisotopic (exact) mass is 432 g/mol. The van der Waals surface area contributed by atoms with Crippen molar-refractivity contribution in [3.63, 3.8) is 0 Å². The zero-order valence-electron chi connectivity index (χ0n) is 18.0. The first-order chi connectivity index (χ1) is 15.4. The number of ether oxygens (including phenoxy) is 2. The Bertz CT molecular complexity index is 1280. The quantitative estimate of drug-likeness (QED) is 0.421. The number of Topliss-reactive ketones (excluding diaryl/α,β-unsaturated/α-hetero) is 1. The molecule has 32 heavy (non-hydrogen) atoms. The molecular weight excluding hydrogens is 408 g/mol. The molecule has 0 fully saturated rings. The lowest BCUT2D eigenvalue weighted by atomic mass is 10.1. The summed E-state index contributed by atoms with van der Waals surface area (Å²) in [6.45, 7) is 7.71. The lowest BCUT2D eigenvalue weighted by Gasteiger charge is -2.28. The van der Waals surface area contributed by atoms with Crippen molar-refractivity contribution in [1.29, 1.82) is 0 Å². The Labute approximate surface area is 185 Å². The number of fused-ring (bicyclic) bond motifs is 2. The highest BCUT2D eigenvalue weighted by Gasteiger charge is 2.25. The fraction of sp³-hybridized carbons (Fsp3) is 0.240. The van der Waals surface area contributed by atoms with Crippen LogP contribution < -0.4 is 19.9 Å². The van der Waals surface area contributed by atoms with E-state index in [1.165, 1.54) is 9.47 Å². The molecule has 0 radical (unpaired) electrons. The highest BCUT2D eigenvalue weighted by atomic mass is 16.5. The van der Waals surface area contributed by atoms with Crippen LogP contribution in [0.3, 0.4) is 0 Å². The summed E-state index contributed by atoms with van der Waals surface area (Å²) in [5, 5.41) is 1.26. The molecule has 4 rings (SSSR count). The average molecular weight is 432 g/mol. The van der Waals surface area contributed by atoms with Crippen molar-refractivity contribution in [3.05, 3.63) is 77.2 Å². The predicted molar refractivity (Wildman–Crippen MR) is 123 cm³/mol. The van der Waals surface area contributed by atoms with Crippen molar-refractivity contribution < 1.29 is 19.1 Å². The van der Waals surface area contributed by atoms with E-state index >= 15 is 0 Å². The first kappa shape index (κ1) is 21.4. The molecule has 0 saturated carbocycles. The molecule has 0 N–H and O–H groups in total. The smallest absolute Gasteiger partial charge is 0.265 e. The summed E-state index contributed by atoms with van der Waals surface area (Å²) in [6.07, 6.45) is 3.26. The molecule has 7 nitrogen and oxygen atoms in total. The van der Waals surface area contributed by atoms with Gasteiger partial charge in [-0.05, 0) is 61.7 Å². The average Bonchev–Trinajstić information content (AvgIpc) is 2.77. The van der Waals surface area contributed by atoms with Crippen molar-refractivity contribution in [2.45, 2.75) is 26.5 Å². The van der Waals surface area contributed by atoms with E-state index in [1.807, 2.05) is 19.9 Å². The minimum Gasteiger partial charge on any atom is -0.491 e. The fourth-order valence-electron chi connectivity index (χ4n) is 3.69. The summed E-state index contributed by atoms with van der Waals surface area (Å²) in [6, 6.07) is 12.0. The Kier molecular flexibility index (Phi) is 5.81. The van der Waals surface area contributed by atoms with Gasteiger partial charge in [-0.25, -0.2) is 0 Å². The molecule has 1 aliphatic rings. The van der Waals surface area contributed by atoms with Gasteiger partial charge in [-0.15, -0.1) is 6.58 Å². The third-order valence-corrected chi connectivity index (χ3v) is 5.17. The van der Waals surface area contributed by atoms with Crippen LogP contribution in [0.1, 0.15) is 24.2 Å². The Hall–Kier alpha value is -3.87. The Morgan fingerprint density at radius 1 is 1.19 bits per heavy atom. The van der Waals surface area contributed by atoms with E-state index in [-0.39, 0.29) is 36.5 Å². The number of rotatable bonds is 7. The zero-order valence-corrected chi connectivity index (χ0v) is 18.0. The van der Waals surface area contributed by atoms with Crippen molar-refractivity contribution in [3.8, 4) is 11.5 Å². The number of hydrogen-bond donors (Lipinski definition) is 0. The lowest BCUT2D eigenvalue weighted by Crippen LogP contribution is -2.39. The molecule has 7 heteroatoms. The number of aromatic nitrogens is 1. The number of nitrogens with zero attached hydrogens (tertiary/aromatic N) is 2. The van der Waals surface area contributed by atoms with Crippen LogP contribution in [0.4, 0.5) is 5.69 Å². The molecule has 0 atom stereocenters. The number of amides is 1. The third kappa shape index (κ3) is 4.14. The van der Waals surface area contributed by atoms with Gasteiger partial charge in [0.25, 0.3) is 11.5 Å². The van der Waals surface area contributed by atoms with E-state index < -0.39 is 0 Å². The maximum atomic E-state index is 13.0. The molecular formula is C25H24N2O5. The van der Waals surface area contributed by atoms with Gasteiger partial charge in [0.15, 0.2) is 12.4 Å². The van der Waals surface area contributed by atoms with Gasteiger partial charge < -0.3 is 18.9 Å². The number of carbonyl (C=O) groups is 2. The number of pyridine rings is 1. The molecule has 0 unspecified atom stereocenters. The van der Waals surface area contributed by atoms with E-state index in [4.69, 9.17) is 9.47 Å². The first-order valence-electron chi connectivity index (χ1n) is 10.4. The van der Waals surface area contributed by atoms with Crippen LogP contribution in [-0.2, 0) is 11.3 Å². The topological polar surface area (TPSA) is 77.8 Å². The van der Waals surface area contributed by atoms with Gasteiger partial charge >= 0.3 is 0 Å². The first-order valence-corrected chi connectivity index (χ1v) is 10.4. The maximum absolute atomic E-state index is 13.0. The number of anilines is 1. The Morgan fingerprint density at radius 2 is 2.00 bits per heavy atom. The molecule has 2 heterocycles. The molecule has 2 aromatic carbocycles. The second-order valence-electron chi connectivity index (χ2n) is 7.85. The van der Waals surface area contributed by atoms with Crippen LogP contribution in [-0.4, -0.2) is 35.5 Å². The standard InChI is InChI=1S/C25H24N2O5/c1-4-10-27-21-13-18(5-8-23(21)31-15-24(27)29)22(28)14-26-11-9-17-12-19(32-16(2)3)6-7-20(17)25(26)30/h4-9,11-13,16H,1,10,14-15H2,2-3H3. The second-order valence-corrected chi connectivity index (χ2v) is 7.85. The normalized spacial score (nSPS) is 13.1. The van der Waals surface area contributed by atoms with Gasteiger partial charge in [0.05, 0.1) is 18.3 Å². The summed E-state index contributed by atoms with van der Waals surface area (Å²) < 4.78 is 12.5. The van der Waals surface area contributed by atoms with Gasteiger partial charge in [0.1, 0.15) is 11.5 Å². The van der Waals surface area contributed by atoms with Crippen LogP contribution in [0.25, 0.3) is 10.8 Å². The molecule has 1 aromatic heterocycles. The highest BCUT2D eigenvalue weighted by Crippen LogP contribution is 2.33. The van der Waals surface area contributed by atoms with Crippen LogP contribution >= 0.6 is 0 Å². The maximum Gasteiger partial charge on any atom is 0.265 e. The number of carbonyl (C=O) groups excluding carboxylic acids is 2. The second kappa shape index (κ2) is 8.70. The van der Waals surface area contributed by atoms with Crippen molar-refractivity contribution >= 4 is 28.2 Å². The number of hydrogen-bond acceptors (Lipinski definition) is 5. The van der Waals surface area contributed by atoms with Crippen molar-refractivity contribution in [2.24, 2.45) is 0 Å². The van der Waals surface area contributed by atoms with E-state index in [9.17, 15) is 14.4 Å². The van der Waals surface area contributed by atoms with Crippen LogP contribution in [0, 0.1) is 0 Å². The van der Waals surface area contributed by atoms with Crippen LogP contribution in [0.5, 0.6) is 11.5 Å². The largest absolute Gasteiger partial charge is 0.491 e. The van der Waals surface area contributed by atoms with Gasteiger partial charge in [-0.1, -0.05) is 6.08 Å². The predicted octanol–water partition coefficient (Wildman–Crippen LogP) is 3.58. The van der Waals surface area contributed by atoms with Crippen molar-refractivity contribution in [2.75, 3.05) is 18.1 Å². The highest BCUT2D eigenvalue weighted by molar-refractivity contribution is 6.02. The minimum atomic E-state index is -0.253. The summed E-state index contributed by atoms with van der Waals surface area (Å²) in [4.78, 5) is 39.6. The molecule has 0 spiro atoms. The molecule has 0 bridgehead atoms. The summed E-state index contributed by atoms with van der Waals surface area (Å²) in [5.74, 6) is 0.778. The zero-order chi connectivity index (χ0) is 22.8. The molecule has 3 aromatic rings. The lowest BCUT2D eigenvalue weighted by molar-refractivity contribution is -0.121. The van der Waals surface area contributed by atoms with Gasteiger partial charge in [0, 0.05) is 23.7 Å². The fourth-order valence-corrected chi connectivity index (χ4v) is 3.69. The SMILES string of the molecule is C=CCN1C(=O)COc2ccc(C(=O)Cn3ccc4cc(OC(C)C)ccc4c3=O)cc21. The van der Waals surface area contributed by atoms with Crippen LogP contribution in [0.2, 0.25) is 0 Å². The molecule has 164 valence electrons. The van der Waals surface area contributed by atoms with Gasteiger partial charge in [-0.2, -0.15) is 0 Å². The van der Waals surface area contributed by atoms with Crippen LogP contribution in [0.15, 0.2) is 66.1 Å². The van der Waals surface area contributed by atoms with Gasteiger partial charge in [0.2, 0.25) is 0 Å². The van der Waals surface area contributed by atoms with Crippen molar-refractivity contribution in [1.82, 2.24) is 4.57 Å². The summed E-state index contributed by atoms with van der Waals surface area (Å²) in [7, 11) is 0. The number of ketones is 1. The molecule has 1 aliphatic heterocycles. The molecule has 0 saturated heterocycles. The Morgan fingerprint density at radius 3 is 2.75 bits per heavy atom. The number of benzene rings is 2. The Balaban J connectivity index is 1.61. The van der Waals surface area contributed by atoms with E-state index in [2.05, 4.69) is 6.58 Å². The van der Waals surface area contributed by atoms with Gasteiger partial charge in [-0.3, -0.25) is 14.4 Å². The molecule has 1 amide bonds. The molecule has 0 aliphatic carbocycles.